The van der Waals surface area contributed by atoms with Gasteiger partial charge in [0.25, 0.3) is 5.91 Å². The van der Waals surface area contributed by atoms with Gasteiger partial charge in [0.1, 0.15) is 5.76 Å². The number of benzene rings is 1. The summed E-state index contributed by atoms with van der Waals surface area (Å²) < 4.78 is 11.7. The van der Waals surface area contributed by atoms with Crippen molar-refractivity contribution in [3.05, 3.63) is 59.9 Å². The lowest BCUT2D eigenvalue weighted by molar-refractivity contribution is -0.152. The van der Waals surface area contributed by atoms with Gasteiger partial charge in [0.2, 0.25) is 12.0 Å². The second-order valence-corrected chi connectivity index (χ2v) is 8.04. The van der Waals surface area contributed by atoms with Gasteiger partial charge in [0.15, 0.2) is 5.13 Å². The van der Waals surface area contributed by atoms with Crippen LogP contribution in [0.2, 0.25) is 0 Å². The van der Waals surface area contributed by atoms with Gasteiger partial charge in [-0.2, -0.15) is 0 Å². The van der Waals surface area contributed by atoms with E-state index >= 15 is 0 Å². The van der Waals surface area contributed by atoms with Crippen molar-refractivity contribution in [1.29, 1.82) is 0 Å². The monoisotopic (exact) mass is 417 g/mol. The molecule has 2 aromatic heterocycles. The van der Waals surface area contributed by atoms with Crippen molar-refractivity contribution < 1.29 is 18.7 Å². The van der Waals surface area contributed by atoms with Crippen LogP contribution in [0, 0.1) is 0 Å². The number of aryl methyl sites for hydroxylation is 1. The van der Waals surface area contributed by atoms with Gasteiger partial charge in [0, 0.05) is 18.9 Å². The first-order valence-electron chi connectivity index (χ1n) is 8.60. The molecule has 1 unspecified atom stereocenters. The van der Waals surface area contributed by atoms with Crippen molar-refractivity contribution in [2.45, 2.75) is 36.3 Å². The van der Waals surface area contributed by atoms with Crippen molar-refractivity contribution >= 4 is 40.1 Å². The van der Waals surface area contributed by atoms with Crippen LogP contribution in [0.15, 0.2) is 51.4 Å². The number of anilines is 1. The predicted molar refractivity (Wildman–Crippen MR) is 107 cm³/mol. The number of carbonyl (C=O) groups is 2. The SMILES string of the molecule is CCc1cnc(CSc2cnc(NC(=O)C(OC(C)=O)c3ccccc3)s2)o1. The quantitative estimate of drug-likeness (QED) is 0.433. The van der Waals surface area contributed by atoms with Crippen LogP contribution in [0.3, 0.4) is 0 Å². The number of nitrogens with zero attached hydrogens (tertiary/aromatic N) is 2. The number of ether oxygens (including phenoxy) is 1. The molecule has 7 nitrogen and oxygen atoms in total. The van der Waals surface area contributed by atoms with E-state index in [-0.39, 0.29) is 0 Å². The summed E-state index contributed by atoms with van der Waals surface area (Å²) in [6.45, 7) is 3.28. The summed E-state index contributed by atoms with van der Waals surface area (Å²) in [5, 5.41) is 3.15. The molecule has 0 fully saturated rings. The van der Waals surface area contributed by atoms with Gasteiger partial charge in [-0.1, -0.05) is 48.6 Å². The third-order valence-corrected chi connectivity index (χ3v) is 5.72. The Kier molecular flexibility index (Phi) is 6.83. The highest BCUT2D eigenvalue weighted by molar-refractivity contribution is 8.00. The first-order chi connectivity index (χ1) is 13.5. The maximum absolute atomic E-state index is 12.6. The largest absolute Gasteiger partial charge is 0.447 e. The average Bonchev–Trinajstić information content (AvgIpc) is 3.34. The Balaban J connectivity index is 1.62. The summed E-state index contributed by atoms with van der Waals surface area (Å²) in [6.07, 6.45) is 3.18. The van der Waals surface area contributed by atoms with Crippen molar-refractivity contribution in [3.63, 3.8) is 0 Å². The van der Waals surface area contributed by atoms with Crippen LogP contribution < -0.4 is 5.32 Å². The van der Waals surface area contributed by atoms with Crippen LogP contribution in [0.25, 0.3) is 0 Å². The van der Waals surface area contributed by atoms with E-state index in [0.29, 0.717) is 22.3 Å². The van der Waals surface area contributed by atoms with Gasteiger partial charge >= 0.3 is 5.97 Å². The molecule has 1 atom stereocenters. The number of oxazole rings is 1. The molecule has 1 aromatic carbocycles. The number of rotatable bonds is 8. The van der Waals surface area contributed by atoms with Crippen molar-refractivity contribution in [1.82, 2.24) is 9.97 Å². The van der Waals surface area contributed by atoms with Crippen molar-refractivity contribution in [2.24, 2.45) is 0 Å². The molecular formula is C19H19N3O4S2. The summed E-state index contributed by atoms with van der Waals surface area (Å²) in [6, 6.07) is 8.86. The maximum atomic E-state index is 12.6. The third kappa shape index (κ3) is 5.43. The van der Waals surface area contributed by atoms with E-state index in [9.17, 15) is 9.59 Å². The Morgan fingerprint density at radius 2 is 2.04 bits per heavy atom. The molecule has 146 valence electrons. The summed E-state index contributed by atoms with van der Waals surface area (Å²) in [4.78, 5) is 32.5. The van der Waals surface area contributed by atoms with Crippen LogP contribution in [-0.4, -0.2) is 21.8 Å². The van der Waals surface area contributed by atoms with Gasteiger partial charge < -0.3 is 9.15 Å². The van der Waals surface area contributed by atoms with E-state index in [0.717, 1.165) is 16.4 Å². The lowest BCUT2D eigenvalue weighted by Gasteiger charge is -2.16. The molecule has 3 aromatic rings. The molecule has 0 aliphatic carbocycles. The number of thioether (sulfide) groups is 1. The third-order valence-electron chi connectivity index (χ3n) is 3.63. The second kappa shape index (κ2) is 9.52. The fourth-order valence-corrected chi connectivity index (χ4v) is 4.06. The summed E-state index contributed by atoms with van der Waals surface area (Å²) in [7, 11) is 0. The highest BCUT2D eigenvalue weighted by atomic mass is 32.2. The van der Waals surface area contributed by atoms with Crippen LogP contribution in [-0.2, 0) is 26.5 Å². The number of amides is 1. The zero-order valence-corrected chi connectivity index (χ0v) is 17.0. The number of nitrogens with one attached hydrogen (secondary N) is 1. The fraction of sp³-hybridized carbons (Fsp3) is 0.263. The van der Waals surface area contributed by atoms with E-state index in [1.54, 1.807) is 36.7 Å². The van der Waals surface area contributed by atoms with E-state index in [1.807, 2.05) is 13.0 Å². The Labute approximate surface area is 170 Å². The highest BCUT2D eigenvalue weighted by Gasteiger charge is 2.24. The zero-order valence-electron chi connectivity index (χ0n) is 15.4. The second-order valence-electron chi connectivity index (χ2n) is 5.74. The molecule has 0 bridgehead atoms. The minimum absolute atomic E-state index is 0.433. The average molecular weight is 418 g/mol. The minimum Gasteiger partial charge on any atom is -0.447 e. The molecule has 0 saturated heterocycles. The summed E-state index contributed by atoms with van der Waals surface area (Å²) in [5.41, 5.74) is 0.594. The Bertz CT molecular complexity index is 940. The van der Waals surface area contributed by atoms with E-state index in [2.05, 4.69) is 15.3 Å². The Hall–Kier alpha value is -2.65. The highest BCUT2D eigenvalue weighted by Crippen LogP contribution is 2.31. The lowest BCUT2D eigenvalue weighted by Crippen LogP contribution is -2.25. The minimum atomic E-state index is -1.03. The molecule has 0 aliphatic heterocycles. The van der Waals surface area contributed by atoms with E-state index < -0.39 is 18.0 Å². The Morgan fingerprint density at radius 1 is 1.25 bits per heavy atom. The predicted octanol–water partition coefficient (Wildman–Crippen LogP) is 4.23. The van der Waals surface area contributed by atoms with Gasteiger partial charge in [0.05, 0.1) is 22.4 Å². The molecular weight excluding hydrogens is 398 g/mol. The first kappa shape index (κ1) is 20.1. The van der Waals surface area contributed by atoms with E-state index in [4.69, 9.17) is 9.15 Å². The maximum Gasteiger partial charge on any atom is 0.303 e. The molecule has 28 heavy (non-hydrogen) atoms. The van der Waals surface area contributed by atoms with E-state index in [1.165, 1.54) is 30.0 Å². The molecule has 9 heteroatoms. The number of esters is 1. The molecule has 0 radical (unpaired) electrons. The van der Waals surface area contributed by atoms with Gasteiger partial charge in [-0.15, -0.1) is 11.8 Å². The number of hydrogen-bond donors (Lipinski definition) is 1. The molecule has 1 amide bonds. The molecule has 3 rings (SSSR count). The zero-order chi connectivity index (χ0) is 19.9. The fourth-order valence-electron chi connectivity index (χ4n) is 2.33. The van der Waals surface area contributed by atoms with Crippen molar-refractivity contribution in [3.8, 4) is 0 Å². The van der Waals surface area contributed by atoms with Gasteiger partial charge in [-0.3, -0.25) is 14.9 Å². The topological polar surface area (TPSA) is 94.3 Å². The summed E-state index contributed by atoms with van der Waals surface area (Å²) in [5.74, 6) is 1.10. The van der Waals surface area contributed by atoms with Crippen molar-refractivity contribution in [2.75, 3.05) is 5.32 Å². The smallest absolute Gasteiger partial charge is 0.303 e. The van der Waals surface area contributed by atoms with Gasteiger partial charge in [-0.05, 0) is 0 Å². The van der Waals surface area contributed by atoms with Crippen LogP contribution in [0.1, 0.15) is 37.2 Å². The van der Waals surface area contributed by atoms with Gasteiger partial charge in [-0.25, -0.2) is 9.97 Å². The standard InChI is InChI=1S/C19H19N3O4S2/c1-3-14-9-20-15(26-14)11-27-16-10-21-19(28-16)22-18(24)17(25-12(2)23)13-7-5-4-6-8-13/h4-10,17H,3,11H2,1-2H3,(H,21,22,24). The molecule has 2 heterocycles. The lowest BCUT2D eigenvalue weighted by atomic mass is 10.1. The molecule has 0 spiro atoms. The number of aromatic nitrogens is 2. The first-order valence-corrected chi connectivity index (χ1v) is 10.4. The summed E-state index contributed by atoms with van der Waals surface area (Å²) >= 11 is 2.86. The van der Waals surface area contributed by atoms with Crippen LogP contribution >= 0.6 is 23.1 Å². The number of hydrogen-bond acceptors (Lipinski definition) is 8. The Morgan fingerprint density at radius 3 is 2.71 bits per heavy atom. The molecule has 0 aliphatic rings. The molecule has 0 saturated carbocycles. The normalized spacial score (nSPS) is 11.8. The number of carbonyl (C=O) groups excluding carboxylic acids is 2. The molecule has 1 N–H and O–H groups in total. The van der Waals surface area contributed by atoms with Crippen LogP contribution in [0.5, 0.6) is 0 Å². The van der Waals surface area contributed by atoms with Crippen LogP contribution in [0.4, 0.5) is 5.13 Å². The number of thiazole rings is 1.